The van der Waals surface area contributed by atoms with Gasteiger partial charge in [-0.25, -0.2) is 0 Å². The fraction of sp³-hybridized carbons (Fsp3) is 0.550. The van der Waals surface area contributed by atoms with Crippen LogP contribution in [0.1, 0.15) is 41.6 Å². The number of nitrogens with one attached hydrogen (secondary N) is 2. The number of carbonyl (C=O) groups excluding carboxylic acids is 3. The second kappa shape index (κ2) is 8.84. The molecule has 2 atom stereocenters. The third kappa shape index (κ3) is 5.48. The van der Waals surface area contributed by atoms with E-state index in [1.54, 1.807) is 24.3 Å². The van der Waals surface area contributed by atoms with Crippen LogP contribution in [-0.2, 0) is 16.1 Å². The maximum Gasteiger partial charge on any atom is 0.391 e. The number of hydrogen-bond acceptors (Lipinski definition) is 3. The quantitative estimate of drug-likeness (QED) is 0.798. The van der Waals surface area contributed by atoms with Gasteiger partial charge < -0.3 is 15.5 Å². The summed E-state index contributed by atoms with van der Waals surface area (Å²) in [5.41, 5.74) is 1.18. The van der Waals surface area contributed by atoms with Gasteiger partial charge in [-0.15, -0.1) is 0 Å². The van der Waals surface area contributed by atoms with E-state index >= 15 is 0 Å². The van der Waals surface area contributed by atoms with E-state index in [1.807, 2.05) is 0 Å². The largest absolute Gasteiger partial charge is 0.391 e. The van der Waals surface area contributed by atoms with Gasteiger partial charge in [-0.05, 0) is 37.0 Å². The number of hydrogen-bond donors (Lipinski definition) is 2. The molecule has 1 aromatic rings. The molecule has 1 heterocycles. The number of alkyl halides is 3. The van der Waals surface area contributed by atoms with Gasteiger partial charge in [0.05, 0.1) is 12.5 Å². The monoisotopic (exact) mass is 411 g/mol. The third-order valence-electron chi connectivity index (χ3n) is 5.50. The molecule has 2 aliphatic rings. The fourth-order valence-corrected chi connectivity index (χ4v) is 3.82. The van der Waals surface area contributed by atoms with Crippen molar-refractivity contribution in [2.24, 2.45) is 11.8 Å². The lowest BCUT2D eigenvalue weighted by molar-refractivity contribution is -0.186. The zero-order valence-electron chi connectivity index (χ0n) is 15.9. The van der Waals surface area contributed by atoms with Crippen molar-refractivity contribution in [3.63, 3.8) is 0 Å². The van der Waals surface area contributed by atoms with Crippen molar-refractivity contribution >= 4 is 17.7 Å². The summed E-state index contributed by atoms with van der Waals surface area (Å²) in [5, 5.41) is 5.36. The molecule has 3 amide bonds. The first kappa shape index (κ1) is 21.1. The average Bonchev–Trinajstić information content (AvgIpc) is 2.71. The first-order chi connectivity index (χ1) is 13.7. The van der Waals surface area contributed by atoms with Crippen molar-refractivity contribution in [1.82, 2.24) is 15.5 Å². The molecule has 2 fully saturated rings. The van der Waals surface area contributed by atoms with Gasteiger partial charge in [-0.2, -0.15) is 13.2 Å². The zero-order valence-corrected chi connectivity index (χ0v) is 15.9. The predicted molar refractivity (Wildman–Crippen MR) is 98.7 cm³/mol. The number of carbonyl (C=O) groups is 3. The molecule has 6 nitrogen and oxygen atoms in total. The van der Waals surface area contributed by atoms with E-state index in [2.05, 4.69) is 10.6 Å². The van der Waals surface area contributed by atoms with Gasteiger partial charge in [-0.1, -0.05) is 18.6 Å². The Bertz CT molecular complexity index is 764. The number of amides is 3. The fourth-order valence-electron chi connectivity index (χ4n) is 3.82. The minimum atomic E-state index is -4.25. The second-order valence-corrected chi connectivity index (χ2v) is 7.59. The molecule has 1 saturated carbocycles. The Morgan fingerprint density at radius 1 is 1.17 bits per heavy atom. The first-order valence-corrected chi connectivity index (χ1v) is 9.73. The predicted octanol–water partition coefficient (Wildman–Crippen LogP) is 2.24. The summed E-state index contributed by atoms with van der Waals surface area (Å²) in [6.07, 6.45) is -3.47. The molecule has 29 heavy (non-hydrogen) atoms. The molecule has 2 N–H and O–H groups in total. The van der Waals surface area contributed by atoms with Crippen molar-refractivity contribution in [2.45, 2.75) is 38.4 Å². The Hall–Kier alpha value is -2.58. The van der Waals surface area contributed by atoms with Crippen LogP contribution in [0.4, 0.5) is 13.2 Å². The molecule has 3 rings (SSSR count). The molecule has 158 valence electrons. The smallest absolute Gasteiger partial charge is 0.353 e. The van der Waals surface area contributed by atoms with Gasteiger partial charge in [0.15, 0.2) is 0 Å². The standard InChI is InChI=1S/C20H24F3N3O3/c21-20(22,23)16-3-1-2-15(10-16)18(28)25-11-13-4-6-14(7-5-13)19(29)26-9-8-24-17(27)12-26/h4-7,15-16H,1-3,8-12H2,(H,24,27)(H,25,28). The van der Waals surface area contributed by atoms with Crippen LogP contribution in [-0.4, -0.2) is 48.4 Å². The van der Waals surface area contributed by atoms with Crippen molar-refractivity contribution in [1.29, 1.82) is 0 Å². The topological polar surface area (TPSA) is 78.5 Å². The first-order valence-electron chi connectivity index (χ1n) is 9.73. The maximum absolute atomic E-state index is 12.9. The Balaban J connectivity index is 1.51. The number of halogens is 3. The molecular weight excluding hydrogens is 387 g/mol. The van der Waals surface area contributed by atoms with Crippen LogP contribution in [0.5, 0.6) is 0 Å². The van der Waals surface area contributed by atoms with Crippen molar-refractivity contribution in [2.75, 3.05) is 19.6 Å². The van der Waals surface area contributed by atoms with E-state index < -0.39 is 18.0 Å². The molecule has 0 spiro atoms. The summed E-state index contributed by atoms with van der Waals surface area (Å²) in [4.78, 5) is 37.6. The summed E-state index contributed by atoms with van der Waals surface area (Å²) in [6.45, 7) is 1.08. The highest BCUT2D eigenvalue weighted by Gasteiger charge is 2.43. The van der Waals surface area contributed by atoms with Crippen LogP contribution in [0.15, 0.2) is 24.3 Å². The molecule has 0 aromatic heterocycles. The lowest BCUT2D eigenvalue weighted by atomic mass is 9.80. The second-order valence-electron chi connectivity index (χ2n) is 7.59. The van der Waals surface area contributed by atoms with Crippen LogP contribution < -0.4 is 10.6 Å². The van der Waals surface area contributed by atoms with Crippen LogP contribution in [0.3, 0.4) is 0 Å². The van der Waals surface area contributed by atoms with E-state index in [0.29, 0.717) is 31.5 Å². The van der Waals surface area contributed by atoms with E-state index in [-0.39, 0.29) is 43.7 Å². The number of rotatable bonds is 4. The molecule has 2 unspecified atom stereocenters. The van der Waals surface area contributed by atoms with Gasteiger partial charge >= 0.3 is 6.18 Å². The molecule has 9 heteroatoms. The summed E-state index contributed by atoms with van der Waals surface area (Å²) in [7, 11) is 0. The highest BCUT2D eigenvalue weighted by atomic mass is 19.4. The number of benzene rings is 1. The summed E-state index contributed by atoms with van der Waals surface area (Å²) in [6, 6.07) is 6.63. The zero-order chi connectivity index (χ0) is 21.0. The maximum atomic E-state index is 12.9. The van der Waals surface area contributed by atoms with E-state index in [0.717, 1.165) is 5.56 Å². The third-order valence-corrected chi connectivity index (χ3v) is 5.50. The van der Waals surface area contributed by atoms with Gasteiger partial charge in [0.1, 0.15) is 0 Å². The molecular formula is C20H24F3N3O3. The van der Waals surface area contributed by atoms with Gasteiger partial charge in [0, 0.05) is 31.1 Å². The van der Waals surface area contributed by atoms with Gasteiger partial charge in [0.2, 0.25) is 11.8 Å². The van der Waals surface area contributed by atoms with Crippen LogP contribution in [0.25, 0.3) is 0 Å². The normalized spacial score (nSPS) is 22.7. The summed E-state index contributed by atoms with van der Waals surface area (Å²) in [5.74, 6) is -2.83. The van der Waals surface area contributed by atoms with Crippen molar-refractivity contribution < 1.29 is 27.6 Å². The molecule has 1 aliphatic heterocycles. The van der Waals surface area contributed by atoms with Crippen LogP contribution in [0, 0.1) is 11.8 Å². The highest BCUT2D eigenvalue weighted by Crippen LogP contribution is 2.39. The van der Waals surface area contributed by atoms with E-state index in [4.69, 9.17) is 0 Å². The number of piperazine rings is 1. The lowest BCUT2D eigenvalue weighted by Crippen LogP contribution is -2.49. The molecule has 1 aliphatic carbocycles. The Morgan fingerprint density at radius 3 is 2.55 bits per heavy atom. The molecule has 0 radical (unpaired) electrons. The van der Waals surface area contributed by atoms with Gasteiger partial charge in [0.25, 0.3) is 5.91 Å². The minimum absolute atomic E-state index is 0.0248. The average molecular weight is 411 g/mol. The number of nitrogens with zero attached hydrogens (tertiary/aromatic N) is 1. The van der Waals surface area contributed by atoms with Crippen LogP contribution >= 0.6 is 0 Å². The summed E-state index contributed by atoms with van der Waals surface area (Å²) >= 11 is 0. The molecule has 1 saturated heterocycles. The van der Waals surface area contributed by atoms with Crippen LogP contribution in [0.2, 0.25) is 0 Å². The Kier molecular flexibility index (Phi) is 6.44. The minimum Gasteiger partial charge on any atom is -0.353 e. The Labute approximate surface area is 166 Å². The SMILES string of the molecule is O=C1CN(C(=O)c2ccc(CNC(=O)C3CCCC(C(F)(F)F)C3)cc2)CCN1. The molecule has 1 aromatic carbocycles. The van der Waals surface area contributed by atoms with Crippen molar-refractivity contribution in [3.8, 4) is 0 Å². The molecule has 0 bridgehead atoms. The lowest BCUT2D eigenvalue weighted by Gasteiger charge is -2.29. The summed E-state index contributed by atoms with van der Waals surface area (Å²) < 4.78 is 38.7. The van der Waals surface area contributed by atoms with E-state index in [9.17, 15) is 27.6 Å². The van der Waals surface area contributed by atoms with E-state index in [1.165, 1.54) is 4.90 Å². The van der Waals surface area contributed by atoms with Crippen molar-refractivity contribution in [3.05, 3.63) is 35.4 Å². The highest BCUT2D eigenvalue weighted by molar-refractivity contribution is 5.97. The Morgan fingerprint density at radius 2 is 1.90 bits per heavy atom. The van der Waals surface area contributed by atoms with Gasteiger partial charge in [-0.3, -0.25) is 14.4 Å².